The standard InChI is InChI=1S/C34H55N3O10/c1-19(9-11-35-2)22(13-20-10-12-36-15-20)16-37-18-34(44)31(41)29(40)30(32(42)43)47-33(34)46-24-7-8-25-27(14-24)45-17-26(28(25)39)21-3-5-23(38)6-4-21/h10,12,15,19,21-31,33,35,37-41,44H,3-9,11,13-14,16-18H2,1-2H3/p+1. The van der Waals surface area contributed by atoms with Gasteiger partial charge in [-0.15, -0.1) is 4.99 Å². The van der Waals surface area contributed by atoms with Crippen LogP contribution >= 0.6 is 0 Å². The minimum absolute atomic E-state index is 0.0205. The number of hydrogen-bond acceptors (Lipinski definition) is 12. The van der Waals surface area contributed by atoms with Crippen molar-refractivity contribution >= 4 is 12.2 Å². The third kappa shape index (κ3) is 8.57. The van der Waals surface area contributed by atoms with E-state index in [9.17, 15) is 35.4 Å². The highest BCUT2D eigenvalue weighted by Crippen LogP contribution is 2.44. The van der Waals surface area contributed by atoms with E-state index >= 15 is 0 Å². The molecular weight excluding hydrogens is 610 g/mol. The van der Waals surface area contributed by atoms with Crippen LogP contribution in [-0.2, 0) is 19.0 Å². The van der Waals surface area contributed by atoms with E-state index in [1.165, 1.54) is 0 Å². The minimum Gasteiger partial charge on any atom is -0.479 e. The molecule has 0 radical (unpaired) electrons. The third-order valence-electron chi connectivity index (χ3n) is 11.5. The molecule has 0 aromatic rings. The van der Waals surface area contributed by atoms with E-state index < -0.39 is 48.4 Å². The summed E-state index contributed by atoms with van der Waals surface area (Å²) in [6.45, 7) is 5.47. The predicted molar refractivity (Wildman–Crippen MR) is 172 cm³/mol. The average molecular weight is 667 g/mol. The van der Waals surface area contributed by atoms with E-state index in [4.69, 9.17) is 14.2 Å². The molecule has 2 saturated heterocycles. The zero-order valence-electron chi connectivity index (χ0n) is 27.7. The van der Waals surface area contributed by atoms with Crippen molar-refractivity contribution in [3.05, 3.63) is 18.2 Å². The van der Waals surface area contributed by atoms with Gasteiger partial charge < -0.3 is 55.5 Å². The molecule has 12 atom stereocenters. The van der Waals surface area contributed by atoms with Crippen LogP contribution in [0.5, 0.6) is 0 Å². The monoisotopic (exact) mass is 666 g/mol. The Hall–Kier alpha value is -1.65. The minimum atomic E-state index is -2.15. The Kier molecular flexibility index (Phi) is 12.8. The summed E-state index contributed by atoms with van der Waals surface area (Å²) >= 11 is 0. The molecule has 2 saturated carbocycles. The van der Waals surface area contributed by atoms with E-state index in [1.54, 1.807) is 6.54 Å². The van der Waals surface area contributed by atoms with Gasteiger partial charge in [-0.2, -0.15) is 0 Å². The van der Waals surface area contributed by atoms with Crippen LogP contribution in [0.25, 0.3) is 0 Å². The molecule has 3 aliphatic heterocycles. The summed E-state index contributed by atoms with van der Waals surface area (Å²) in [5.41, 5.74) is -1.05. The van der Waals surface area contributed by atoms with Crippen molar-refractivity contribution in [3.63, 3.8) is 0 Å². The second-order valence-corrected chi connectivity index (χ2v) is 14.6. The molecule has 47 heavy (non-hydrogen) atoms. The van der Waals surface area contributed by atoms with Crippen LogP contribution in [0.4, 0.5) is 0 Å². The molecule has 5 rings (SSSR count). The van der Waals surface area contributed by atoms with Gasteiger partial charge in [-0.25, -0.2) is 4.79 Å². The van der Waals surface area contributed by atoms with Gasteiger partial charge in [0.05, 0.1) is 37.1 Å². The topological polar surface area (TPSA) is 203 Å². The van der Waals surface area contributed by atoms with Crippen LogP contribution in [0.2, 0.25) is 0 Å². The first-order valence-electron chi connectivity index (χ1n) is 17.5. The normalized spacial score (nSPS) is 41.9. The van der Waals surface area contributed by atoms with E-state index in [0.29, 0.717) is 44.2 Å². The Morgan fingerprint density at radius 2 is 1.89 bits per heavy atom. The molecular formula is C34H56N3O10+. The number of carbonyl (C=O) groups is 1. The lowest BCUT2D eigenvalue weighted by Crippen LogP contribution is -2.71. The van der Waals surface area contributed by atoms with Crippen molar-refractivity contribution in [1.82, 2.24) is 10.6 Å². The Balaban J connectivity index is 1.23. The molecule has 0 bridgehead atoms. The molecule has 12 unspecified atom stereocenters. The summed E-state index contributed by atoms with van der Waals surface area (Å²) in [5.74, 6) is -0.729. The fourth-order valence-corrected chi connectivity index (χ4v) is 8.35. The van der Waals surface area contributed by atoms with Crippen molar-refractivity contribution in [1.29, 1.82) is 0 Å². The maximum Gasteiger partial charge on any atom is 0.335 e. The van der Waals surface area contributed by atoms with E-state index in [1.807, 2.05) is 19.3 Å². The van der Waals surface area contributed by atoms with Gasteiger partial charge in [0.15, 0.2) is 24.2 Å². The summed E-state index contributed by atoms with van der Waals surface area (Å²) in [6, 6.07) is 0. The maximum absolute atomic E-state index is 12.0. The molecule has 0 aromatic heterocycles. The number of carboxylic acids is 1. The Morgan fingerprint density at radius 3 is 2.57 bits per heavy atom. The van der Waals surface area contributed by atoms with Gasteiger partial charge in [0.1, 0.15) is 24.3 Å². The van der Waals surface area contributed by atoms with Crippen LogP contribution in [0.15, 0.2) is 16.6 Å². The number of ether oxygens (including phenoxy) is 3. The molecule has 2 aliphatic carbocycles. The molecule has 0 spiro atoms. The van der Waals surface area contributed by atoms with Gasteiger partial charge in [0.2, 0.25) is 0 Å². The SMILES string of the molecule is CNCCC(C)C(CNCC1(O)C(OC2CCC3C(C2)OCC(C2CCC(O)CC2)C3O)OC(C(=O)O)C(O)C1O)CC1=C[CH+]N=C1. The quantitative estimate of drug-likeness (QED) is 0.119. The van der Waals surface area contributed by atoms with Crippen LogP contribution in [0.3, 0.4) is 0 Å². The number of nitrogens with zero attached hydrogens (tertiary/aromatic N) is 1. The Labute approximate surface area is 277 Å². The summed E-state index contributed by atoms with van der Waals surface area (Å²) in [4.78, 5) is 16.1. The van der Waals surface area contributed by atoms with Crippen molar-refractivity contribution in [3.8, 4) is 0 Å². The number of fused-ring (bicyclic) bond motifs is 1. The number of carboxylic acid groups (broad SMARTS) is 1. The smallest absolute Gasteiger partial charge is 0.335 e. The Bertz CT molecular complexity index is 1090. The first-order chi connectivity index (χ1) is 22.5. The third-order valence-corrected chi connectivity index (χ3v) is 11.5. The Morgan fingerprint density at radius 1 is 1.13 bits per heavy atom. The number of rotatable bonds is 14. The van der Waals surface area contributed by atoms with Gasteiger partial charge in [-0.05, 0) is 82.8 Å². The van der Waals surface area contributed by atoms with E-state index in [0.717, 1.165) is 50.6 Å². The lowest BCUT2D eigenvalue weighted by atomic mass is 9.69. The molecule has 13 heteroatoms. The summed E-state index contributed by atoms with van der Waals surface area (Å²) < 4.78 is 18.3. The molecule has 3 heterocycles. The van der Waals surface area contributed by atoms with Gasteiger partial charge in [-0.3, -0.25) is 0 Å². The highest BCUT2D eigenvalue weighted by atomic mass is 16.7. The zero-order valence-corrected chi connectivity index (χ0v) is 27.7. The van der Waals surface area contributed by atoms with Crippen LogP contribution in [0, 0.1) is 36.1 Å². The predicted octanol–water partition coefficient (Wildman–Crippen LogP) is 0.375. The van der Waals surface area contributed by atoms with Crippen molar-refractivity contribution in [2.45, 2.75) is 119 Å². The van der Waals surface area contributed by atoms with E-state index in [-0.39, 0.29) is 36.5 Å². The first-order valence-corrected chi connectivity index (χ1v) is 17.5. The van der Waals surface area contributed by atoms with Crippen LogP contribution < -0.4 is 10.6 Å². The number of hydrogen-bond donors (Lipinski definition) is 8. The van der Waals surface area contributed by atoms with Crippen molar-refractivity contribution in [2.75, 3.05) is 33.3 Å². The number of aliphatic carboxylic acids is 1. The van der Waals surface area contributed by atoms with Gasteiger partial charge in [0.25, 0.3) is 0 Å². The molecule has 13 nitrogen and oxygen atoms in total. The number of aliphatic hydroxyl groups is 5. The average Bonchev–Trinajstić information content (AvgIpc) is 3.57. The van der Waals surface area contributed by atoms with E-state index in [2.05, 4.69) is 22.5 Å². The fraction of sp³-hybridized carbons (Fsp3) is 0.853. The first kappa shape index (κ1) is 36.6. The largest absolute Gasteiger partial charge is 0.479 e. The number of allylic oxidation sites excluding steroid dienone is 1. The highest BCUT2D eigenvalue weighted by Gasteiger charge is 2.58. The lowest BCUT2D eigenvalue weighted by Gasteiger charge is -2.50. The second-order valence-electron chi connectivity index (χ2n) is 14.6. The van der Waals surface area contributed by atoms with Crippen molar-refractivity contribution < 1.29 is 49.6 Å². The van der Waals surface area contributed by atoms with Crippen molar-refractivity contribution in [2.24, 2.45) is 34.6 Å². The summed E-state index contributed by atoms with van der Waals surface area (Å²) in [5, 5.41) is 71.2. The highest BCUT2D eigenvalue weighted by molar-refractivity contribution is 5.81. The lowest BCUT2D eigenvalue weighted by molar-refractivity contribution is -0.345. The molecule has 0 amide bonds. The number of aliphatic imine (C=N–C) groups is 1. The number of aliphatic hydroxyl groups excluding tert-OH is 4. The van der Waals surface area contributed by atoms with Gasteiger partial charge >= 0.3 is 5.97 Å². The summed E-state index contributed by atoms with van der Waals surface area (Å²) in [7, 11) is 1.91. The maximum atomic E-state index is 12.0. The zero-order chi connectivity index (χ0) is 33.7. The number of nitrogens with one attached hydrogen (secondary N) is 2. The fourth-order valence-electron chi connectivity index (χ4n) is 8.35. The summed E-state index contributed by atoms with van der Waals surface area (Å²) in [6.07, 6.45) is 1.70. The van der Waals surface area contributed by atoms with Gasteiger partial charge in [-0.1, -0.05) is 6.92 Å². The second kappa shape index (κ2) is 16.4. The molecule has 266 valence electrons. The van der Waals surface area contributed by atoms with Crippen LogP contribution in [0.1, 0.15) is 64.7 Å². The molecule has 8 N–H and O–H groups in total. The molecule has 4 fully saturated rings. The van der Waals surface area contributed by atoms with Crippen LogP contribution in [-0.4, -0.2) is 131 Å². The molecule has 0 aromatic carbocycles. The molecule has 5 aliphatic rings. The van der Waals surface area contributed by atoms with Gasteiger partial charge in [0, 0.05) is 31.2 Å².